The van der Waals surface area contributed by atoms with Gasteiger partial charge in [0.2, 0.25) is 0 Å². The van der Waals surface area contributed by atoms with Crippen molar-refractivity contribution in [2.24, 2.45) is 11.8 Å². The molecule has 0 aliphatic heterocycles. The summed E-state index contributed by atoms with van der Waals surface area (Å²) in [5, 5.41) is 7.09. The Morgan fingerprint density at radius 1 is 0.733 bits per heavy atom. The molecule has 0 fully saturated rings. The van der Waals surface area contributed by atoms with Crippen LogP contribution in [-0.4, -0.2) is 12.3 Å². The summed E-state index contributed by atoms with van der Waals surface area (Å²) in [6.45, 7) is 9.38. The maximum absolute atomic E-state index is 2.42. The molecule has 158 valence electrons. The Labute approximate surface area is 214 Å². The molecule has 0 unspecified atom stereocenters. The quantitative estimate of drug-likeness (QED) is 0.180. The molecule has 4 aromatic carbocycles. The van der Waals surface area contributed by atoms with E-state index in [-0.39, 0.29) is 58.6 Å². The molecule has 30 heavy (non-hydrogen) atoms. The van der Waals surface area contributed by atoms with Gasteiger partial charge in [0.05, 0.1) is 0 Å². The van der Waals surface area contributed by atoms with E-state index < -0.39 is 0 Å². The van der Waals surface area contributed by atoms with Crippen LogP contribution in [0.3, 0.4) is 0 Å². The Bertz CT molecular complexity index is 898. The Balaban J connectivity index is 0.000000597. The van der Waals surface area contributed by atoms with Gasteiger partial charge in [-0.25, -0.2) is 0 Å². The van der Waals surface area contributed by atoms with Gasteiger partial charge in [0, 0.05) is 0 Å². The second kappa shape index (κ2) is 14.6. The maximum atomic E-state index is 2.42. The third kappa shape index (κ3) is 8.58. The van der Waals surface area contributed by atoms with Gasteiger partial charge in [0.15, 0.2) is 0 Å². The third-order valence-electron chi connectivity index (χ3n) is 4.69. The third-order valence-corrected chi connectivity index (χ3v) is 8.02. The zero-order valence-electron chi connectivity index (χ0n) is 18.3. The van der Waals surface area contributed by atoms with Crippen LogP contribution in [0.5, 0.6) is 0 Å². The van der Waals surface area contributed by atoms with Crippen molar-refractivity contribution in [3.05, 3.63) is 78.9 Å². The summed E-state index contributed by atoms with van der Waals surface area (Å²) in [5.74, 6) is 1.60. The molecule has 0 saturated heterocycles. The van der Waals surface area contributed by atoms with Crippen molar-refractivity contribution in [1.29, 1.82) is 0 Å². The zero-order valence-corrected chi connectivity index (χ0v) is 24.3. The van der Waals surface area contributed by atoms with Crippen LogP contribution in [0.25, 0.3) is 21.5 Å². The first-order valence-corrected chi connectivity index (χ1v) is 11.7. The first kappa shape index (κ1) is 29.5. The molecule has 4 rings (SSSR count). The summed E-state index contributed by atoms with van der Waals surface area (Å²) >= 11 is 0. The Morgan fingerprint density at radius 2 is 1.27 bits per heavy atom. The Hall–Kier alpha value is -0.460. The number of hydrogen-bond acceptors (Lipinski definition) is 0. The fraction of sp³-hybridized carbons (Fsp3) is 0.308. The van der Waals surface area contributed by atoms with E-state index in [1.165, 1.54) is 33.9 Å². The van der Waals surface area contributed by atoms with Crippen molar-refractivity contribution in [3.63, 3.8) is 0 Å². The van der Waals surface area contributed by atoms with E-state index in [1.807, 2.05) is 0 Å². The molecule has 0 radical (unpaired) electrons. The molecular formula is C26H31Cl2HfP. The van der Waals surface area contributed by atoms with Crippen LogP contribution >= 0.6 is 7.92 Å². The summed E-state index contributed by atoms with van der Waals surface area (Å²) in [5.41, 5.74) is 0. The molecule has 0 atom stereocenters. The maximum Gasteiger partial charge on any atom is 4.00 e. The Kier molecular flexibility index (Phi) is 14.4. The number of halogens is 2. The summed E-state index contributed by atoms with van der Waals surface area (Å²) in [7, 11) is 0.0185. The van der Waals surface area contributed by atoms with Gasteiger partial charge in [-0.2, -0.15) is 23.6 Å². The standard InChI is InChI=1S/C17H24P.C9H7.2ClH.Hf/c1-13(2)11-18(12-14(3)4)17-9-15-7-5-6-8-16(15)10-17;1-2-5-9-7-3-6-8(9)4-1;;;/h5-10,13-14H,11-12H2,1-4H3;1-7H;2*1H;/q2*-1;;;+4/p-2. The zero-order chi connectivity index (χ0) is 19.2. The fourth-order valence-corrected chi connectivity index (χ4v) is 6.53. The number of benzene rings is 2. The van der Waals surface area contributed by atoms with Gasteiger partial charge in [-0.05, 0) is 24.2 Å². The van der Waals surface area contributed by atoms with Gasteiger partial charge in [-0.15, -0.1) is 70.0 Å². The molecule has 0 saturated carbocycles. The minimum Gasteiger partial charge on any atom is -1.00 e. The van der Waals surface area contributed by atoms with Crippen LogP contribution in [0, 0.1) is 11.8 Å². The molecule has 0 N–H and O–H groups in total. The van der Waals surface area contributed by atoms with Crippen LogP contribution in [0.2, 0.25) is 0 Å². The van der Waals surface area contributed by atoms with E-state index in [0.717, 1.165) is 11.8 Å². The molecule has 0 amide bonds. The van der Waals surface area contributed by atoms with Crippen molar-refractivity contribution in [2.75, 3.05) is 12.3 Å². The average Bonchev–Trinajstić information content (AvgIpc) is 3.27. The largest absolute Gasteiger partial charge is 4.00 e. The molecule has 0 nitrogen and oxygen atoms in total. The minimum absolute atomic E-state index is 0. The second-order valence-corrected chi connectivity index (χ2v) is 10.5. The van der Waals surface area contributed by atoms with Crippen molar-refractivity contribution in [1.82, 2.24) is 0 Å². The summed E-state index contributed by atoms with van der Waals surface area (Å²) in [6, 6.07) is 28.3. The van der Waals surface area contributed by atoms with Crippen molar-refractivity contribution >= 4 is 34.8 Å². The van der Waals surface area contributed by atoms with E-state index >= 15 is 0 Å². The van der Waals surface area contributed by atoms with Gasteiger partial charge in [-0.1, -0.05) is 47.7 Å². The van der Waals surface area contributed by atoms with E-state index in [2.05, 4.69) is 107 Å². The van der Waals surface area contributed by atoms with Gasteiger partial charge in [0.25, 0.3) is 0 Å². The smallest absolute Gasteiger partial charge is 1.00 e. The summed E-state index contributed by atoms with van der Waals surface area (Å²) in [4.78, 5) is 0. The molecule has 0 aliphatic carbocycles. The van der Waals surface area contributed by atoms with E-state index in [0.29, 0.717) is 0 Å². The van der Waals surface area contributed by atoms with Crippen molar-refractivity contribution in [2.45, 2.75) is 27.7 Å². The predicted octanol–water partition coefficient (Wildman–Crippen LogP) is 1.54. The molecule has 0 heterocycles. The van der Waals surface area contributed by atoms with Crippen LogP contribution in [0.1, 0.15) is 27.7 Å². The SMILES string of the molecule is CC(C)CP(CC(C)C)c1cc2ccccc2[cH-]1.[Cl-].[Cl-].[Hf+4].c1ccc2[cH-]ccc2c1. The summed E-state index contributed by atoms with van der Waals surface area (Å²) in [6.07, 6.45) is 2.73. The second-order valence-electron chi connectivity index (χ2n) is 8.19. The first-order valence-electron chi connectivity index (χ1n) is 10.0. The van der Waals surface area contributed by atoms with Gasteiger partial charge in [-0.3, -0.25) is 0 Å². The van der Waals surface area contributed by atoms with E-state index in [9.17, 15) is 0 Å². The van der Waals surface area contributed by atoms with E-state index in [1.54, 1.807) is 5.30 Å². The van der Waals surface area contributed by atoms with Crippen molar-refractivity contribution in [3.8, 4) is 0 Å². The Morgan fingerprint density at radius 3 is 1.80 bits per heavy atom. The number of rotatable bonds is 5. The van der Waals surface area contributed by atoms with Crippen LogP contribution < -0.4 is 30.1 Å². The number of fused-ring (bicyclic) bond motifs is 2. The van der Waals surface area contributed by atoms with Crippen LogP contribution in [0.15, 0.2) is 78.9 Å². The first-order chi connectivity index (χ1) is 13.0. The molecule has 0 aliphatic rings. The fourth-order valence-electron chi connectivity index (χ4n) is 3.55. The number of hydrogen-bond donors (Lipinski definition) is 0. The predicted molar refractivity (Wildman–Crippen MR) is 125 cm³/mol. The molecule has 4 aromatic rings. The molecule has 4 heteroatoms. The minimum atomic E-state index is 0. The topological polar surface area (TPSA) is 0 Å². The normalized spacial score (nSPS) is 10.4. The van der Waals surface area contributed by atoms with Gasteiger partial charge in [0.1, 0.15) is 0 Å². The van der Waals surface area contributed by atoms with E-state index in [4.69, 9.17) is 0 Å². The van der Waals surface area contributed by atoms with Gasteiger partial charge >= 0.3 is 25.8 Å². The summed E-state index contributed by atoms with van der Waals surface area (Å²) < 4.78 is 0. The van der Waals surface area contributed by atoms with Crippen LogP contribution in [-0.2, 0) is 25.8 Å². The molecular weight excluding hydrogens is 593 g/mol. The van der Waals surface area contributed by atoms with Crippen LogP contribution in [0.4, 0.5) is 0 Å². The average molecular weight is 624 g/mol. The molecule has 0 bridgehead atoms. The van der Waals surface area contributed by atoms with Gasteiger partial charge < -0.3 is 24.8 Å². The molecule has 0 spiro atoms. The monoisotopic (exact) mass is 624 g/mol. The van der Waals surface area contributed by atoms with Crippen molar-refractivity contribution < 1.29 is 50.7 Å². The molecule has 0 aromatic heterocycles.